The zero-order valence-corrected chi connectivity index (χ0v) is 26.6. The number of hydrogen-bond donors (Lipinski definition) is 3. The van der Waals surface area contributed by atoms with Crippen LogP contribution in [0.25, 0.3) is 10.1 Å². The lowest BCUT2D eigenvalue weighted by Crippen LogP contribution is -2.56. The van der Waals surface area contributed by atoms with E-state index in [0.29, 0.717) is 42.3 Å². The average molecular weight is 665 g/mol. The molecule has 3 amide bonds. The van der Waals surface area contributed by atoms with Crippen LogP contribution in [0.5, 0.6) is 0 Å². The van der Waals surface area contributed by atoms with Gasteiger partial charge < -0.3 is 24.9 Å². The van der Waals surface area contributed by atoms with Crippen LogP contribution in [-0.4, -0.2) is 67.5 Å². The monoisotopic (exact) mass is 664 g/mol. The van der Waals surface area contributed by atoms with Gasteiger partial charge in [0, 0.05) is 23.2 Å². The quantitative estimate of drug-likeness (QED) is 0.314. The van der Waals surface area contributed by atoms with E-state index >= 15 is 0 Å². The molecule has 10 nitrogen and oxygen atoms in total. The van der Waals surface area contributed by atoms with Gasteiger partial charge in [0.05, 0.1) is 22.4 Å². The van der Waals surface area contributed by atoms with Crippen molar-refractivity contribution in [2.75, 3.05) is 6.54 Å². The van der Waals surface area contributed by atoms with Crippen LogP contribution >= 0.6 is 18.9 Å². The van der Waals surface area contributed by atoms with E-state index < -0.39 is 37.0 Å². The van der Waals surface area contributed by atoms with Gasteiger partial charge in [-0.25, -0.2) is 4.39 Å². The molecule has 4 heterocycles. The molecule has 3 aromatic rings. The van der Waals surface area contributed by atoms with Crippen LogP contribution in [0.2, 0.25) is 0 Å². The van der Waals surface area contributed by atoms with E-state index in [-0.39, 0.29) is 40.1 Å². The van der Waals surface area contributed by atoms with Gasteiger partial charge in [-0.3, -0.25) is 18.9 Å². The van der Waals surface area contributed by atoms with Crippen LogP contribution in [-0.2, 0) is 14.2 Å². The van der Waals surface area contributed by atoms with E-state index in [4.69, 9.17) is 0 Å². The summed E-state index contributed by atoms with van der Waals surface area (Å²) in [6.07, 6.45) is 4.65. The number of carbonyl (C=O) groups excluding carboxylic acids is 3. The molecule has 7 rings (SSSR count). The largest absolute Gasteiger partial charge is 0.363 e. The van der Waals surface area contributed by atoms with Crippen molar-refractivity contribution in [3.05, 3.63) is 70.6 Å². The van der Waals surface area contributed by atoms with E-state index in [1.165, 1.54) is 24.3 Å². The first-order valence-corrected chi connectivity index (χ1v) is 18.1. The predicted octanol–water partition coefficient (Wildman–Crippen LogP) is 4.99. The van der Waals surface area contributed by atoms with Crippen LogP contribution in [0, 0.1) is 17.2 Å². The van der Waals surface area contributed by atoms with Crippen molar-refractivity contribution < 1.29 is 33.1 Å². The molecule has 1 aliphatic carbocycles. The summed E-state index contributed by atoms with van der Waals surface area (Å²) in [4.78, 5) is 64.1. The van der Waals surface area contributed by atoms with Crippen molar-refractivity contribution in [3.63, 3.8) is 0 Å². The number of alkyl halides is 1. The number of nitriles is 1. The first kappa shape index (κ1) is 31.0. The summed E-state index contributed by atoms with van der Waals surface area (Å²) < 4.78 is 26.3. The van der Waals surface area contributed by atoms with Crippen LogP contribution < -0.4 is 5.32 Å². The van der Waals surface area contributed by atoms with E-state index in [1.807, 2.05) is 35.2 Å². The molecule has 2 aromatic carbocycles. The van der Waals surface area contributed by atoms with Crippen molar-refractivity contribution in [1.29, 1.82) is 5.26 Å². The van der Waals surface area contributed by atoms with Gasteiger partial charge in [-0.1, -0.05) is 36.4 Å². The van der Waals surface area contributed by atoms with Gasteiger partial charge in [-0.2, -0.15) is 5.26 Å². The smallest absolute Gasteiger partial charge is 0.340 e. The fourth-order valence-corrected chi connectivity index (χ4v) is 9.41. The molecule has 3 saturated heterocycles. The minimum absolute atomic E-state index is 0.0910. The van der Waals surface area contributed by atoms with Crippen LogP contribution in [0.3, 0.4) is 0 Å². The van der Waals surface area contributed by atoms with Gasteiger partial charge in [0.1, 0.15) is 12.1 Å². The van der Waals surface area contributed by atoms with Crippen molar-refractivity contribution in [2.45, 2.75) is 80.4 Å². The second-order valence-electron chi connectivity index (χ2n) is 13.0. The molecule has 0 radical (unpaired) electrons. The highest BCUT2D eigenvalue weighted by atomic mass is 32.1. The molecule has 3 aliphatic heterocycles. The Balaban J connectivity index is 1.09. The number of halogens is 1. The van der Waals surface area contributed by atoms with Crippen LogP contribution in [0.1, 0.15) is 77.6 Å². The highest BCUT2D eigenvalue weighted by Crippen LogP contribution is 2.58. The highest BCUT2D eigenvalue weighted by molar-refractivity contribution is 7.51. The Morgan fingerprint density at radius 3 is 2.54 bits per heavy atom. The van der Waals surface area contributed by atoms with E-state index in [2.05, 4.69) is 11.4 Å². The Kier molecular flexibility index (Phi) is 7.80. The topological polar surface area (TPSA) is 151 Å². The predicted molar refractivity (Wildman–Crippen MR) is 168 cm³/mol. The third-order valence-corrected chi connectivity index (χ3v) is 12.3. The van der Waals surface area contributed by atoms with Gasteiger partial charge in [0.2, 0.25) is 17.7 Å². The van der Waals surface area contributed by atoms with Crippen molar-refractivity contribution >= 4 is 46.7 Å². The summed E-state index contributed by atoms with van der Waals surface area (Å²) in [7, 11) is -4.98. The standard InChI is InChI=1S/C33H34FN4O6PS/c34-29(45(42,43)44)20-9-12-27-21(15-20)16-28(46-27)30(39)36-25-8-4-7-22-10-11-26(38(22)31(25)40)32(41)37-18-23(19-5-2-1-3-6-19)24(17-35)33(37)13-14-33/h1-3,5-6,9,12,15-16,22-26,29H,4,7-8,10-11,13-14,18H2,(H,36,39)(H2,42,43,44)/t22-,23-,24+,25-,26-,29-/m0/s1. The molecule has 4 fully saturated rings. The lowest BCUT2D eigenvalue weighted by atomic mass is 9.85. The number of hydrogen-bond acceptors (Lipinski definition) is 6. The molecule has 1 spiro atoms. The fourth-order valence-electron chi connectivity index (χ4n) is 7.92. The third-order valence-electron chi connectivity index (χ3n) is 10.3. The minimum atomic E-state index is -4.98. The minimum Gasteiger partial charge on any atom is -0.340 e. The lowest BCUT2D eigenvalue weighted by molar-refractivity contribution is -0.147. The highest BCUT2D eigenvalue weighted by Gasteiger charge is 2.64. The summed E-state index contributed by atoms with van der Waals surface area (Å²) in [5, 5.41) is 13.5. The van der Waals surface area contributed by atoms with Gasteiger partial charge in [-0.15, -0.1) is 11.3 Å². The summed E-state index contributed by atoms with van der Waals surface area (Å²) in [6, 6.07) is 16.4. The molecule has 240 valence electrons. The summed E-state index contributed by atoms with van der Waals surface area (Å²) in [5.41, 5.74) is 0.362. The summed E-state index contributed by atoms with van der Waals surface area (Å²) >= 11 is 1.14. The molecule has 4 aliphatic rings. The molecule has 0 bridgehead atoms. The average Bonchev–Trinajstić information content (AvgIpc) is 3.42. The number of fused-ring (bicyclic) bond motifs is 2. The number of carbonyl (C=O) groups is 3. The molecular weight excluding hydrogens is 630 g/mol. The van der Waals surface area contributed by atoms with Crippen molar-refractivity contribution in [2.24, 2.45) is 5.92 Å². The Labute approximate surface area is 269 Å². The second kappa shape index (κ2) is 11.6. The van der Waals surface area contributed by atoms with Crippen molar-refractivity contribution in [3.8, 4) is 6.07 Å². The third kappa shape index (κ3) is 5.23. The zero-order chi connectivity index (χ0) is 32.4. The van der Waals surface area contributed by atoms with Crippen LogP contribution in [0.4, 0.5) is 4.39 Å². The Bertz CT molecular complexity index is 1800. The lowest BCUT2D eigenvalue weighted by Gasteiger charge is -2.35. The van der Waals surface area contributed by atoms with Gasteiger partial charge >= 0.3 is 7.60 Å². The maximum atomic E-state index is 14.3. The van der Waals surface area contributed by atoms with Gasteiger partial charge in [0.25, 0.3) is 5.91 Å². The molecule has 6 atom stereocenters. The van der Waals surface area contributed by atoms with E-state index in [9.17, 15) is 38.4 Å². The number of rotatable bonds is 6. The number of amides is 3. The summed E-state index contributed by atoms with van der Waals surface area (Å²) in [6.45, 7) is 0.440. The number of thiophene rings is 1. The Morgan fingerprint density at radius 1 is 1.09 bits per heavy atom. The normalized spacial score (nSPS) is 27.7. The maximum absolute atomic E-state index is 14.3. The number of nitrogens with one attached hydrogen (secondary N) is 1. The van der Waals surface area contributed by atoms with E-state index in [0.717, 1.165) is 36.2 Å². The van der Waals surface area contributed by atoms with Crippen molar-refractivity contribution in [1.82, 2.24) is 15.1 Å². The SMILES string of the molecule is N#C[C@@H]1[C@H](c2ccccc2)CN(C(=O)[C@@H]2CC[C@@H]3CCC[C@H](NC(=O)c4cc5cc([C@@H](F)P(=O)(O)O)ccc5s4)C(=O)N32)C12CC2. The molecule has 1 aromatic heterocycles. The zero-order valence-electron chi connectivity index (χ0n) is 24.9. The molecular formula is C33H34FN4O6PS. The number of likely N-dealkylation sites (tertiary alicyclic amines) is 1. The number of benzene rings is 2. The molecule has 3 N–H and O–H groups in total. The van der Waals surface area contributed by atoms with Gasteiger partial charge in [-0.05, 0) is 79.7 Å². The fraction of sp³-hybridized carbons (Fsp3) is 0.455. The molecule has 0 unspecified atom stereocenters. The first-order valence-electron chi connectivity index (χ1n) is 15.6. The Hall–Kier alpha value is -3.62. The summed E-state index contributed by atoms with van der Waals surface area (Å²) in [5.74, 6) is -3.74. The van der Waals surface area contributed by atoms with Gasteiger partial charge in [0.15, 0.2) is 0 Å². The maximum Gasteiger partial charge on any atom is 0.363 e. The molecule has 13 heteroatoms. The Morgan fingerprint density at radius 2 is 1.85 bits per heavy atom. The molecule has 46 heavy (non-hydrogen) atoms. The second-order valence-corrected chi connectivity index (χ2v) is 15.7. The first-order chi connectivity index (χ1) is 22.0. The van der Waals surface area contributed by atoms with E-state index in [1.54, 1.807) is 4.90 Å². The van der Waals surface area contributed by atoms with Crippen LogP contribution in [0.15, 0.2) is 54.6 Å². The molecule has 1 saturated carbocycles. The number of nitrogens with zero attached hydrogens (tertiary/aromatic N) is 3.